The number of phenolic OH excluding ortho intramolecular Hbond substituents is 1. The molecule has 2 heteroatoms. The van der Waals surface area contributed by atoms with E-state index in [2.05, 4.69) is 18.3 Å². The van der Waals surface area contributed by atoms with Crippen LogP contribution in [-0.2, 0) is 6.42 Å². The SMILES string of the molecule is CCC1(CNC2CCCc3cc(O)ccc32)CCC1. The van der Waals surface area contributed by atoms with E-state index in [9.17, 15) is 5.11 Å². The number of fused-ring (bicyclic) bond motifs is 1. The monoisotopic (exact) mass is 259 g/mol. The average molecular weight is 259 g/mol. The molecule has 1 saturated carbocycles. The van der Waals surface area contributed by atoms with Crippen LogP contribution in [0.5, 0.6) is 5.75 Å². The molecule has 1 fully saturated rings. The molecule has 3 rings (SSSR count). The maximum absolute atomic E-state index is 9.60. The average Bonchev–Trinajstić information content (AvgIpc) is 2.37. The largest absolute Gasteiger partial charge is 0.508 e. The fourth-order valence-electron chi connectivity index (χ4n) is 3.68. The van der Waals surface area contributed by atoms with Gasteiger partial charge in [-0.3, -0.25) is 0 Å². The van der Waals surface area contributed by atoms with Crippen molar-refractivity contribution in [2.24, 2.45) is 5.41 Å². The second kappa shape index (κ2) is 5.16. The highest BCUT2D eigenvalue weighted by Crippen LogP contribution is 2.44. The molecule has 0 radical (unpaired) electrons. The molecule has 0 spiro atoms. The highest BCUT2D eigenvalue weighted by Gasteiger charge is 2.35. The maximum Gasteiger partial charge on any atom is 0.115 e. The number of phenols is 1. The summed E-state index contributed by atoms with van der Waals surface area (Å²) in [6.45, 7) is 3.49. The smallest absolute Gasteiger partial charge is 0.115 e. The van der Waals surface area contributed by atoms with Gasteiger partial charge in [-0.15, -0.1) is 0 Å². The molecule has 2 aliphatic rings. The van der Waals surface area contributed by atoms with Crippen LogP contribution in [0.4, 0.5) is 0 Å². The van der Waals surface area contributed by atoms with Crippen LogP contribution < -0.4 is 5.32 Å². The maximum atomic E-state index is 9.60. The molecule has 0 saturated heterocycles. The van der Waals surface area contributed by atoms with E-state index in [1.165, 1.54) is 49.7 Å². The van der Waals surface area contributed by atoms with Gasteiger partial charge in [-0.05, 0) is 67.2 Å². The Morgan fingerprint density at radius 3 is 2.84 bits per heavy atom. The zero-order chi connectivity index (χ0) is 13.3. The molecule has 0 amide bonds. The number of aryl methyl sites for hydroxylation is 1. The topological polar surface area (TPSA) is 32.3 Å². The third-order valence-electron chi connectivity index (χ3n) is 5.33. The van der Waals surface area contributed by atoms with Crippen molar-refractivity contribution in [3.8, 4) is 5.75 Å². The van der Waals surface area contributed by atoms with Gasteiger partial charge in [0, 0.05) is 12.6 Å². The molecule has 1 atom stereocenters. The van der Waals surface area contributed by atoms with Crippen molar-refractivity contribution in [2.45, 2.75) is 57.9 Å². The number of aromatic hydroxyl groups is 1. The van der Waals surface area contributed by atoms with Crippen LogP contribution in [-0.4, -0.2) is 11.7 Å². The number of rotatable bonds is 4. The van der Waals surface area contributed by atoms with Gasteiger partial charge in [-0.25, -0.2) is 0 Å². The van der Waals surface area contributed by atoms with Gasteiger partial charge in [0.1, 0.15) is 5.75 Å². The van der Waals surface area contributed by atoms with E-state index in [1.54, 1.807) is 0 Å². The first-order valence-electron chi connectivity index (χ1n) is 7.78. The van der Waals surface area contributed by atoms with E-state index in [0.29, 0.717) is 17.2 Å². The lowest BCUT2D eigenvalue weighted by molar-refractivity contribution is 0.117. The standard InChI is InChI=1S/C17H25NO/c1-2-17(9-4-10-17)12-18-16-6-3-5-13-11-14(19)7-8-15(13)16/h7-8,11,16,18-19H,2-6,9-10,12H2,1H3. The van der Waals surface area contributed by atoms with Crippen LogP contribution >= 0.6 is 0 Å². The first kappa shape index (κ1) is 13.0. The van der Waals surface area contributed by atoms with Crippen molar-refractivity contribution in [2.75, 3.05) is 6.54 Å². The van der Waals surface area contributed by atoms with E-state index >= 15 is 0 Å². The van der Waals surface area contributed by atoms with E-state index in [-0.39, 0.29) is 0 Å². The summed E-state index contributed by atoms with van der Waals surface area (Å²) >= 11 is 0. The minimum absolute atomic E-state index is 0.406. The molecular weight excluding hydrogens is 234 g/mol. The van der Waals surface area contributed by atoms with E-state index in [4.69, 9.17) is 0 Å². The van der Waals surface area contributed by atoms with Gasteiger partial charge < -0.3 is 10.4 Å². The van der Waals surface area contributed by atoms with Crippen LogP contribution in [0.2, 0.25) is 0 Å². The fourth-order valence-corrected chi connectivity index (χ4v) is 3.68. The minimum Gasteiger partial charge on any atom is -0.508 e. The Morgan fingerprint density at radius 1 is 1.32 bits per heavy atom. The van der Waals surface area contributed by atoms with Crippen LogP contribution in [0.25, 0.3) is 0 Å². The molecule has 2 N–H and O–H groups in total. The van der Waals surface area contributed by atoms with Gasteiger partial charge in [-0.1, -0.05) is 19.4 Å². The zero-order valence-electron chi connectivity index (χ0n) is 11.9. The lowest BCUT2D eigenvalue weighted by atomic mass is 9.67. The van der Waals surface area contributed by atoms with Gasteiger partial charge in [0.2, 0.25) is 0 Å². The van der Waals surface area contributed by atoms with Gasteiger partial charge in [0.25, 0.3) is 0 Å². The number of nitrogens with one attached hydrogen (secondary N) is 1. The van der Waals surface area contributed by atoms with Crippen LogP contribution in [0.3, 0.4) is 0 Å². The van der Waals surface area contributed by atoms with Crippen molar-refractivity contribution in [3.05, 3.63) is 29.3 Å². The molecule has 104 valence electrons. The summed E-state index contributed by atoms with van der Waals surface area (Å²) < 4.78 is 0. The van der Waals surface area contributed by atoms with Crippen LogP contribution in [0, 0.1) is 5.41 Å². The Balaban J connectivity index is 1.70. The summed E-state index contributed by atoms with van der Waals surface area (Å²) in [7, 11) is 0. The highest BCUT2D eigenvalue weighted by atomic mass is 16.3. The Kier molecular flexibility index (Phi) is 3.53. The first-order chi connectivity index (χ1) is 9.22. The van der Waals surface area contributed by atoms with Gasteiger partial charge in [0.15, 0.2) is 0 Å². The van der Waals surface area contributed by atoms with Crippen molar-refractivity contribution >= 4 is 0 Å². The van der Waals surface area contributed by atoms with Crippen molar-refractivity contribution in [1.82, 2.24) is 5.32 Å². The molecule has 2 aliphatic carbocycles. The molecule has 0 bridgehead atoms. The minimum atomic E-state index is 0.406. The van der Waals surface area contributed by atoms with Crippen LogP contribution in [0.15, 0.2) is 18.2 Å². The predicted molar refractivity (Wildman–Crippen MR) is 78.4 cm³/mol. The molecule has 19 heavy (non-hydrogen) atoms. The van der Waals surface area contributed by atoms with Crippen LogP contribution in [0.1, 0.15) is 62.6 Å². The molecule has 1 aromatic carbocycles. The lowest BCUT2D eigenvalue weighted by Crippen LogP contribution is -2.41. The second-order valence-electron chi connectivity index (χ2n) is 6.42. The molecule has 1 aromatic rings. The number of hydrogen-bond acceptors (Lipinski definition) is 2. The summed E-state index contributed by atoms with van der Waals surface area (Å²) in [6, 6.07) is 6.38. The quantitative estimate of drug-likeness (QED) is 0.858. The molecule has 0 aromatic heterocycles. The van der Waals surface area contributed by atoms with E-state index < -0.39 is 0 Å². The van der Waals surface area contributed by atoms with E-state index in [0.717, 1.165) is 13.0 Å². The Bertz CT molecular complexity index is 445. The second-order valence-corrected chi connectivity index (χ2v) is 6.42. The fraction of sp³-hybridized carbons (Fsp3) is 0.647. The number of hydrogen-bond donors (Lipinski definition) is 2. The summed E-state index contributed by atoms with van der Waals surface area (Å²) in [6.07, 6.45) is 9.07. The van der Waals surface area contributed by atoms with Gasteiger partial charge in [0.05, 0.1) is 0 Å². The first-order valence-corrected chi connectivity index (χ1v) is 7.78. The normalized spacial score (nSPS) is 24.6. The summed E-state index contributed by atoms with van der Waals surface area (Å²) in [5, 5.41) is 13.4. The van der Waals surface area contributed by atoms with Gasteiger partial charge >= 0.3 is 0 Å². The van der Waals surface area contributed by atoms with Crippen molar-refractivity contribution in [3.63, 3.8) is 0 Å². The summed E-state index contributed by atoms with van der Waals surface area (Å²) in [5.41, 5.74) is 3.33. The van der Waals surface area contributed by atoms with E-state index in [1.807, 2.05) is 12.1 Å². The Hall–Kier alpha value is -1.02. The molecule has 0 heterocycles. The Morgan fingerprint density at radius 2 is 2.16 bits per heavy atom. The molecule has 1 unspecified atom stereocenters. The zero-order valence-corrected chi connectivity index (χ0v) is 11.9. The molecule has 0 aliphatic heterocycles. The van der Waals surface area contributed by atoms with Crippen molar-refractivity contribution < 1.29 is 5.11 Å². The number of benzene rings is 1. The highest BCUT2D eigenvalue weighted by molar-refractivity contribution is 5.38. The van der Waals surface area contributed by atoms with Gasteiger partial charge in [-0.2, -0.15) is 0 Å². The third kappa shape index (κ3) is 2.51. The lowest BCUT2D eigenvalue weighted by Gasteiger charge is -2.43. The van der Waals surface area contributed by atoms with Crippen molar-refractivity contribution in [1.29, 1.82) is 0 Å². The third-order valence-corrected chi connectivity index (χ3v) is 5.33. The Labute approximate surface area is 116 Å². The summed E-state index contributed by atoms with van der Waals surface area (Å²) in [4.78, 5) is 0. The predicted octanol–water partition coefficient (Wildman–Crippen LogP) is 3.94. The molecule has 2 nitrogen and oxygen atoms in total. The summed E-state index contributed by atoms with van der Waals surface area (Å²) in [5.74, 6) is 0.406. The molecular formula is C17H25NO.